The van der Waals surface area contributed by atoms with Crippen molar-refractivity contribution < 1.29 is 19.2 Å². The van der Waals surface area contributed by atoms with Crippen LogP contribution in [-0.2, 0) is 9.53 Å². The molecule has 0 aromatic heterocycles. The molecule has 0 bridgehead atoms. The number of nitrogens with zero attached hydrogens (tertiary/aromatic N) is 1. The Morgan fingerprint density at radius 3 is 2.44 bits per heavy atom. The van der Waals surface area contributed by atoms with E-state index in [4.69, 9.17) is 9.47 Å². The molecule has 2 rings (SSSR count). The van der Waals surface area contributed by atoms with Gasteiger partial charge < -0.3 is 9.47 Å². The minimum atomic E-state index is -0.976. The third kappa shape index (κ3) is 4.58. The highest BCUT2D eigenvalue weighted by Gasteiger charge is 2.58. The van der Waals surface area contributed by atoms with Gasteiger partial charge in [0, 0.05) is 10.5 Å². The van der Waals surface area contributed by atoms with Crippen molar-refractivity contribution in [1.82, 2.24) is 5.32 Å². The van der Waals surface area contributed by atoms with Gasteiger partial charge in [-0.1, -0.05) is 39.0 Å². The summed E-state index contributed by atoms with van der Waals surface area (Å²) >= 11 is 0. The SMILES string of the molecule is CCOC(=O)[C@H]1N[C@@H](c2ccccc2OC(C)C)[C@@H]([N+](=O)[O-])[C@@H]1C(C)(C)C. The number of esters is 1. The van der Waals surface area contributed by atoms with Crippen LogP contribution in [0.3, 0.4) is 0 Å². The Morgan fingerprint density at radius 1 is 1.30 bits per heavy atom. The van der Waals surface area contributed by atoms with Crippen LogP contribution < -0.4 is 10.1 Å². The number of nitrogens with one attached hydrogen (secondary N) is 1. The molecule has 0 aliphatic carbocycles. The van der Waals surface area contributed by atoms with Gasteiger partial charge in [-0.2, -0.15) is 0 Å². The van der Waals surface area contributed by atoms with Gasteiger partial charge in [-0.15, -0.1) is 0 Å². The monoisotopic (exact) mass is 378 g/mol. The summed E-state index contributed by atoms with van der Waals surface area (Å²) in [6.07, 6.45) is -0.0686. The normalized spacial score (nSPS) is 25.4. The van der Waals surface area contributed by atoms with E-state index in [1.807, 2.05) is 52.8 Å². The summed E-state index contributed by atoms with van der Waals surface area (Å²) in [4.78, 5) is 24.4. The predicted octanol–water partition coefficient (Wildman–Crippen LogP) is 3.36. The van der Waals surface area contributed by atoms with E-state index in [9.17, 15) is 14.9 Å². The molecule has 0 amide bonds. The van der Waals surface area contributed by atoms with E-state index in [-0.39, 0.29) is 17.6 Å². The highest BCUT2D eigenvalue weighted by atomic mass is 16.6. The van der Waals surface area contributed by atoms with E-state index in [0.717, 1.165) is 0 Å². The molecule has 1 heterocycles. The molecule has 1 aliphatic heterocycles. The van der Waals surface area contributed by atoms with Gasteiger partial charge in [0.15, 0.2) is 0 Å². The number of hydrogen-bond donors (Lipinski definition) is 1. The number of benzene rings is 1. The average molecular weight is 378 g/mol. The van der Waals surface area contributed by atoms with Crippen LogP contribution >= 0.6 is 0 Å². The number of para-hydroxylation sites is 1. The summed E-state index contributed by atoms with van der Waals surface area (Å²) in [5.41, 5.74) is 0.221. The van der Waals surface area contributed by atoms with Gasteiger partial charge in [0.05, 0.1) is 18.6 Å². The maximum Gasteiger partial charge on any atom is 0.323 e. The molecule has 150 valence electrons. The fraction of sp³-hybridized carbons (Fsp3) is 0.650. The lowest BCUT2D eigenvalue weighted by atomic mass is 9.73. The molecule has 1 aromatic carbocycles. The quantitative estimate of drug-likeness (QED) is 0.464. The van der Waals surface area contributed by atoms with Crippen molar-refractivity contribution in [2.24, 2.45) is 11.3 Å². The number of ether oxygens (including phenoxy) is 2. The molecule has 0 radical (unpaired) electrons. The molecule has 1 aliphatic rings. The molecule has 0 saturated carbocycles. The Hall–Kier alpha value is -2.15. The minimum absolute atomic E-state index is 0.0686. The minimum Gasteiger partial charge on any atom is -0.491 e. The van der Waals surface area contributed by atoms with Gasteiger partial charge in [0.25, 0.3) is 0 Å². The number of carbonyl (C=O) groups excluding carboxylic acids is 1. The largest absolute Gasteiger partial charge is 0.491 e. The van der Waals surface area contributed by atoms with Crippen LogP contribution in [0.5, 0.6) is 5.75 Å². The first kappa shape index (κ1) is 21.2. The van der Waals surface area contributed by atoms with Gasteiger partial charge in [-0.05, 0) is 32.3 Å². The van der Waals surface area contributed by atoms with Crippen LogP contribution in [0, 0.1) is 21.4 Å². The zero-order valence-electron chi connectivity index (χ0n) is 16.9. The third-order valence-electron chi connectivity index (χ3n) is 4.83. The van der Waals surface area contributed by atoms with E-state index in [0.29, 0.717) is 11.3 Å². The van der Waals surface area contributed by atoms with Crippen LogP contribution in [0.4, 0.5) is 0 Å². The highest BCUT2D eigenvalue weighted by molar-refractivity contribution is 5.77. The Kier molecular flexibility index (Phi) is 6.46. The zero-order chi connectivity index (χ0) is 20.4. The Balaban J connectivity index is 2.53. The summed E-state index contributed by atoms with van der Waals surface area (Å²) in [5.74, 6) is -0.383. The Bertz CT molecular complexity index is 683. The van der Waals surface area contributed by atoms with E-state index >= 15 is 0 Å². The van der Waals surface area contributed by atoms with Crippen LogP contribution in [0.2, 0.25) is 0 Å². The maximum absolute atomic E-state index is 12.6. The molecule has 0 spiro atoms. The van der Waals surface area contributed by atoms with Crippen LogP contribution in [0.25, 0.3) is 0 Å². The number of carbonyl (C=O) groups is 1. The van der Waals surface area contributed by atoms with Crippen molar-refractivity contribution in [3.63, 3.8) is 0 Å². The molecular formula is C20H30N2O5. The van der Waals surface area contributed by atoms with Gasteiger partial charge in [0.2, 0.25) is 6.04 Å². The van der Waals surface area contributed by atoms with Crippen LogP contribution in [0.1, 0.15) is 53.1 Å². The molecule has 7 nitrogen and oxygen atoms in total. The number of nitro groups is 1. The van der Waals surface area contributed by atoms with E-state index < -0.39 is 35.4 Å². The molecule has 4 atom stereocenters. The number of hydrogen-bond acceptors (Lipinski definition) is 6. The van der Waals surface area contributed by atoms with Crippen molar-refractivity contribution in [3.05, 3.63) is 39.9 Å². The van der Waals surface area contributed by atoms with Crippen molar-refractivity contribution in [2.75, 3.05) is 6.61 Å². The van der Waals surface area contributed by atoms with Crippen molar-refractivity contribution in [2.45, 2.75) is 65.8 Å². The van der Waals surface area contributed by atoms with Gasteiger partial charge in [-0.25, -0.2) is 0 Å². The van der Waals surface area contributed by atoms with Crippen molar-refractivity contribution >= 4 is 5.97 Å². The molecule has 0 unspecified atom stereocenters. The molecule has 1 N–H and O–H groups in total. The molecule has 7 heteroatoms. The van der Waals surface area contributed by atoms with Crippen LogP contribution in [-0.4, -0.2) is 35.7 Å². The fourth-order valence-corrected chi connectivity index (χ4v) is 3.88. The standard InChI is InChI=1S/C20H30N2O5/c1-7-26-19(23)17-15(20(4,5)6)18(22(24)25)16(21-17)13-10-8-9-11-14(13)27-12(2)3/h8-12,15-18,21H,7H2,1-6H3/t15-,16+,17+,18+/m1/s1. The second-order valence-corrected chi connectivity index (χ2v) is 8.25. The summed E-state index contributed by atoms with van der Waals surface area (Å²) in [5, 5.41) is 15.3. The topological polar surface area (TPSA) is 90.7 Å². The average Bonchev–Trinajstić information content (AvgIpc) is 2.96. The van der Waals surface area contributed by atoms with Gasteiger partial charge in [-0.3, -0.25) is 20.2 Å². The smallest absolute Gasteiger partial charge is 0.323 e. The van der Waals surface area contributed by atoms with Crippen molar-refractivity contribution in [3.8, 4) is 5.75 Å². The van der Waals surface area contributed by atoms with Gasteiger partial charge in [0.1, 0.15) is 17.8 Å². The van der Waals surface area contributed by atoms with E-state index in [1.165, 1.54) is 0 Å². The second-order valence-electron chi connectivity index (χ2n) is 8.25. The molecule has 1 fully saturated rings. The fourth-order valence-electron chi connectivity index (χ4n) is 3.88. The molecular weight excluding hydrogens is 348 g/mol. The second kappa shape index (κ2) is 8.25. The third-order valence-corrected chi connectivity index (χ3v) is 4.83. The lowest BCUT2D eigenvalue weighted by Crippen LogP contribution is -2.45. The summed E-state index contributed by atoms with van der Waals surface area (Å²) in [6, 6.07) is 4.91. The Morgan fingerprint density at radius 2 is 1.93 bits per heavy atom. The van der Waals surface area contributed by atoms with Crippen molar-refractivity contribution in [1.29, 1.82) is 0 Å². The van der Waals surface area contributed by atoms with E-state index in [2.05, 4.69) is 5.32 Å². The predicted molar refractivity (Wildman–Crippen MR) is 102 cm³/mol. The zero-order valence-corrected chi connectivity index (χ0v) is 16.9. The molecule has 1 saturated heterocycles. The Labute approximate surface area is 160 Å². The number of rotatable bonds is 6. The molecule has 1 aromatic rings. The molecule has 27 heavy (non-hydrogen) atoms. The van der Waals surface area contributed by atoms with Crippen LogP contribution in [0.15, 0.2) is 24.3 Å². The highest BCUT2D eigenvalue weighted by Crippen LogP contribution is 2.45. The lowest BCUT2D eigenvalue weighted by Gasteiger charge is -2.31. The summed E-state index contributed by atoms with van der Waals surface area (Å²) < 4.78 is 11.1. The first-order valence-corrected chi connectivity index (χ1v) is 9.39. The lowest BCUT2D eigenvalue weighted by molar-refractivity contribution is -0.535. The first-order chi connectivity index (χ1) is 12.6. The first-order valence-electron chi connectivity index (χ1n) is 9.39. The maximum atomic E-state index is 12.6. The summed E-state index contributed by atoms with van der Waals surface area (Å²) in [6.45, 7) is 11.5. The summed E-state index contributed by atoms with van der Waals surface area (Å²) in [7, 11) is 0. The van der Waals surface area contributed by atoms with Gasteiger partial charge >= 0.3 is 5.97 Å². The van der Waals surface area contributed by atoms with E-state index in [1.54, 1.807) is 13.0 Å².